The summed E-state index contributed by atoms with van der Waals surface area (Å²) in [7, 11) is 1.95. The van der Waals surface area contributed by atoms with E-state index in [1.165, 1.54) is 32.1 Å². The van der Waals surface area contributed by atoms with Crippen LogP contribution in [0.2, 0.25) is 5.15 Å². The Kier molecular flexibility index (Phi) is 4.24. The zero-order chi connectivity index (χ0) is 11.4. The largest absolute Gasteiger partial charge is 0.344 e. The van der Waals surface area contributed by atoms with E-state index in [2.05, 4.69) is 15.3 Å². The SMILES string of the molecule is CNCCc1[nH]c(C2CCCCC2)nc1Cl. The molecule has 4 heteroatoms. The van der Waals surface area contributed by atoms with Crippen molar-refractivity contribution < 1.29 is 0 Å². The highest BCUT2D eigenvalue weighted by Crippen LogP contribution is 2.32. The number of hydrogen-bond donors (Lipinski definition) is 2. The Morgan fingerprint density at radius 3 is 2.81 bits per heavy atom. The molecule has 1 aliphatic carbocycles. The van der Waals surface area contributed by atoms with Gasteiger partial charge in [0, 0.05) is 18.9 Å². The Morgan fingerprint density at radius 1 is 1.38 bits per heavy atom. The minimum absolute atomic E-state index is 0.606. The number of nitrogens with one attached hydrogen (secondary N) is 2. The number of likely N-dealkylation sites (N-methyl/N-ethyl adjacent to an activating group) is 1. The van der Waals surface area contributed by atoms with E-state index >= 15 is 0 Å². The van der Waals surface area contributed by atoms with E-state index in [4.69, 9.17) is 11.6 Å². The van der Waals surface area contributed by atoms with Gasteiger partial charge in [-0.1, -0.05) is 30.9 Å². The third kappa shape index (κ3) is 2.77. The standard InChI is InChI=1S/C12H20ClN3/c1-14-8-7-10-11(13)16-12(15-10)9-5-3-2-4-6-9/h9,14H,2-8H2,1H3,(H,15,16). The van der Waals surface area contributed by atoms with Gasteiger partial charge in [0.25, 0.3) is 0 Å². The maximum Gasteiger partial charge on any atom is 0.150 e. The van der Waals surface area contributed by atoms with Gasteiger partial charge in [0.1, 0.15) is 11.0 Å². The Balaban J connectivity index is 2.03. The van der Waals surface area contributed by atoms with E-state index in [-0.39, 0.29) is 0 Å². The maximum absolute atomic E-state index is 6.13. The van der Waals surface area contributed by atoms with Gasteiger partial charge in [0.2, 0.25) is 0 Å². The molecule has 3 nitrogen and oxygen atoms in total. The predicted molar refractivity (Wildman–Crippen MR) is 67.1 cm³/mol. The summed E-state index contributed by atoms with van der Waals surface area (Å²) in [6, 6.07) is 0. The second-order valence-corrected chi connectivity index (χ2v) is 4.94. The molecule has 0 radical (unpaired) electrons. The summed E-state index contributed by atoms with van der Waals surface area (Å²) in [4.78, 5) is 7.87. The lowest BCUT2D eigenvalue weighted by Crippen LogP contribution is -2.11. The molecule has 0 spiro atoms. The van der Waals surface area contributed by atoms with Crippen LogP contribution in [0.5, 0.6) is 0 Å². The van der Waals surface area contributed by atoms with Crippen molar-refractivity contribution in [3.05, 3.63) is 16.7 Å². The average Bonchev–Trinajstić information content (AvgIpc) is 2.69. The van der Waals surface area contributed by atoms with E-state index in [1.54, 1.807) is 0 Å². The average molecular weight is 242 g/mol. The summed E-state index contributed by atoms with van der Waals surface area (Å²) in [5.74, 6) is 1.71. The Hall–Kier alpha value is -0.540. The second kappa shape index (κ2) is 5.69. The summed E-state index contributed by atoms with van der Waals surface area (Å²) in [6.07, 6.45) is 7.47. The van der Waals surface area contributed by atoms with Crippen molar-refractivity contribution in [2.45, 2.75) is 44.4 Å². The smallest absolute Gasteiger partial charge is 0.150 e. The second-order valence-electron chi connectivity index (χ2n) is 4.58. The van der Waals surface area contributed by atoms with Crippen LogP contribution in [0.3, 0.4) is 0 Å². The quantitative estimate of drug-likeness (QED) is 0.851. The molecule has 0 atom stereocenters. The number of H-pyrrole nitrogens is 1. The van der Waals surface area contributed by atoms with Crippen molar-refractivity contribution in [1.29, 1.82) is 0 Å². The zero-order valence-corrected chi connectivity index (χ0v) is 10.6. The summed E-state index contributed by atoms with van der Waals surface area (Å²) >= 11 is 6.13. The topological polar surface area (TPSA) is 40.7 Å². The van der Waals surface area contributed by atoms with Gasteiger partial charge < -0.3 is 10.3 Å². The first-order valence-corrected chi connectivity index (χ1v) is 6.58. The van der Waals surface area contributed by atoms with Gasteiger partial charge in [-0.25, -0.2) is 4.98 Å². The van der Waals surface area contributed by atoms with Gasteiger partial charge in [-0.05, 0) is 19.9 Å². The molecule has 2 rings (SSSR count). The van der Waals surface area contributed by atoms with Crippen molar-refractivity contribution in [2.75, 3.05) is 13.6 Å². The molecule has 16 heavy (non-hydrogen) atoms. The van der Waals surface area contributed by atoms with Crippen LogP contribution in [-0.2, 0) is 6.42 Å². The van der Waals surface area contributed by atoms with E-state index in [0.717, 1.165) is 24.5 Å². The van der Waals surface area contributed by atoms with Gasteiger partial charge in [-0.2, -0.15) is 0 Å². The number of hydrogen-bond acceptors (Lipinski definition) is 2. The lowest BCUT2D eigenvalue weighted by molar-refractivity contribution is 0.430. The number of rotatable bonds is 4. The minimum Gasteiger partial charge on any atom is -0.344 e. The van der Waals surface area contributed by atoms with Crippen LogP contribution in [0, 0.1) is 0 Å². The number of halogens is 1. The molecule has 0 amide bonds. The molecule has 0 unspecified atom stereocenters. The molecular weight excluding hydrogens is 222 g/mol. The van der Waals surface area contributed by atoms with E-state index in [1.807, 2.05) is 7.05 Å². The zero-order valence-electron chi connectivity index (χ0n) is 9.85. The molecule has 1 aromatic heterocycles. The van der Waals surface area contributed by atoms with Crippen molar-refractivity contribution >= 4 is 11.6 Å². The first-order valence-electron chi connectivity index (χ1n) is 6.20. The fraction of sp³-hybridized carbons (Fsp3) is 0.750. The number of nitrogens with zero attached hydrogens (tertiary/aromatic N) is 1. The lowest BCUT2D eigenvalue weighted by Gasteiger charge is -2.19. The first kappa shape index (κ1) is 11.9. The van der Waals surface area contributed by atoms with E-state index in [9.17, 15) is 0 Å². The van der Waals surface area contributed by atoms with Crippen LogP contribution in [0.1, 0.15) is 49.5 Å². The molecule has 0 bridgehead atoms. The van der Waals surface area contributed by atoms with Crippen molar-refractivity contribution in [2.24, 2.45) is 0 Å². The highest BCUT2D eigenvalue weighted by atomic mass is 35.5. The summed E-state index contributed by atoms with van der Waals surface area (Å²) < 4.78 is 0. The lowest BCUT2D eigenvalue weighted by atomic mass is 9.89. The first-order chi connectivity index (χ1) is 7.81. The minimum atomic E-state index is 0.606. The highest BCUT2D eigenvalue weighted by Gasteiger charge is 2.19. The van der Waals surface area contributed by atoms with Crippen LogP contribution in [0.15, 0.2) is 0 Å². The van der Waals surface area contributed by atoms with Gasteiger partial charge in [0.05, 0.1) is 5.69 Å². The highest BCUT2D eigenvalue weighted by molar-refractivity contribution is 6.30. The van der Waals surface area contributed by atoms with E-state index in [0.29, 0.717) is 11.1 Å². The third-order valence-corrected chi connectivity index (χ3v) is 3.68. The number of aromatic nitrogens is 2. The molecule has 90 valence electrons. The van der Waals surface area contributed by atoms with E-state index < -0.39 is 0 Å². The maximum atomic E-state index is 6.13. The Labute approximate surface area is 102 Å². The van der Waals surface area contributed by atoms with Gasteiger partial charge >= 0.3 is 0 Å². The molecule has 1 aliphatic rings. The fourth-order valence-electron chi connectivity index (χ4n) is 2.39. The summed E-state index contributed by atoms with van der Waals surface area (Å²) in [5.41, 5.74) is 1.08. The number of imidazole rings is 1. The van der Waals surface area contributed by atoms with Crippen LogP contribution < -0.4 is 5.32 Å². The summed E-state index contributed by atoms with van der Waals surface area (Å²) in [5, 5.41) is 3.79. The molecule has 0 saturated heterocycles. The molecule has 1 heterocycles. The van der Waals surface area contributed by atoms with Crippen LogP contribution >= 0.6 is 11.6 Å². The monoisotopic (exact) mass is 241 g/mol. The molecule has 2 N–H and O–H groups in total. The molecule has 1 aromatic rings. The normalized spacial score (nSPS) is 17.9. The van der Waals surface area contributed by atoms with Gasteiger partial charge in [-0.3, -0.25) is 0 Å². The van der Waals surface area contributed by atoms with Gasteiger partial charge in [-0.15, -0.1) is 0 Å². The van der Waals surface area contributed by atoms with Crippen molar-refractivity contribution in [1.82, 2.24) is 15.3 Å². The van der Waals surface area contributed by atoms with Crippen LogP contribution in [-0.4, -0.2) is 23.6 Å². The molecular formula is C12H20ClN3. The predicted octanol–water partition coefficient (Wildman–Crippen LogP) is 2.87. The Bertz CT molecular complexity index is 329. The third-order valence-electron chi connectivity index (χ3n) is 3.36. The summed E-state index contributed by atoms with van der Waals surface area (Å²) in [6.45, 7) is 0.937. The molecule has 1 saturated carbocycles. The van der Waals surface area contributed by atoms with Crippen LogP contribution in [0.4, 0.5) is 0 Å². The fourth-order valence-corrected chi connectivity index (χ4v) is 2.63. The van der Waals surface area contributed by atoms with Crippen molar-refractivity contribution in [3.8, 4) is 0 Å². The van der Waals surface area contributed by atoms with Crippen LogP contribution in [0.25, 0.3) is 0 Å². The molecule has 0 aromatic carbocycles. The van der Waals surface area contributed by atoms with Crippen molar-refractivity contribution in [3.63, 3.8) is 0 Å². The molecule has 0 aliphatic heterocycles. The Morgan fingerprint density at radius 2 is 2.12 bits per heavy atom. The van der Waals surface area contributed by atoms with Gasteiger partial charge in [0.15, 0.2) is 0 Å². The number of aromatic amines is 1. The molecule has 1 fully saturated rings.